The van der Waals surface area contributed by atoms with Crippen LogP contribution in [0, 0.1) is 0 Å². The lowest BCUT2D eigenvalue weighted by Gasteiger charge is -2.04. The maximum Gasteiger partial charge on any atom is 0.215 e. The molecular weight excluding hydrogens is 240 g/mol. The predicted molar refractivity (Wildman–Crippen MR) is 70.0 cm³/mol. The van der Waals surface area contributed by atoms with E-state index in [1.807, 2.05) is 42.5 Å². The highest BCUT2D eigenvalue weighted by Gasteiger charge is 2.12. The molecule has 0 atom stereocenters. The van der Waals surface area contributed by atoms with Gasteiger partial charge in [0.15, 0.2) is 12.1 Å². The molecule has 19 heavy (non-hydrogen) atoms. The summed E-state index contributed by atoms with van der Waals surface area (Å²) in [6, 6.07) is 13.2. The van der Waals surface area contributed by atoms with Crippen LogP contribution in [0.1, 0.15) is 10.6 Å². The zero-order valence-corrected chi connectivity index (χ0v) is 9.97. The fourth-order valence-corrected chi connectivity index (χ4v) is 1.81. The summed E-state index contributed by atoms with van der Waals surface area (Å²) in [4.78, 5) is 19.2. The number of nitrogens with zero attached hydrogens (tertiary/aromatic N) is 4. The van der Waals surface area contributed by atoms with E-state index in [9.17, 15) is 4.79 Å². The topological polar surface area (TPSA) is 60.7 Å². The molecule has 3 aromatic rings. The molecular formula is C14H10N4O. The minimum Gasteiger partial charge on any atom is -0.294 e. The van der Waals surface area contributed by atoms with E-state index in [1.54, 1.807) is 17.1 Å². The molecule has 5 heteroatoms. The van der Waals surface area contributed by atoms with Crippen LogP contribution in [0.25, 0.3) is 17.1 Å². The average Bonchev–Trinajstić information content (AvgIpc) is 2.93. The normalized spacial score (nSPS) is 10.3. The molecule has 0 saturated carbocycles. The Labute approximate surface area is 109 Å². The van der Waals surface area contributed by atoms with Crippen molar-refractivity contribution in [3.8, 4) is 17.1 Å². The quantitative estimate of drug-likeness (QED) is 0.668. The highest BCUT2D eigenvalue weighted by atomic mass is 16.1. The summed E-state index contributed by atoms with van der Waals surface area (Å²) in [6.45, 7) is 0. The molecule has 0 unspecified atom stereocenters. The molecule has 0 fully saturated rings. The lowest BCUT2D eigenvalue weighted by molar-refractivity contribution is 0.111. The van der Waals surface area contributed by atoms with Crippen molar-refractivity contribution >= 4 is 6.29 Å². The Morgan fingerprint density at radius 1 is 1.05 bits per heavy atom. The Balaban J connectivity index is 2.19. The Bertz CT molecular complexity index is 635. The number of carbonyl (C=O) groups is 1. The van der Waals surface area contributed by atoms with Gasteiger partial charge in [-0.15, -0.1) is 5.10 Å². The fraction of sp³-hybridized carbons (Fsp3) is 0. The number of hydrogen-bond acceptors (Lipinski definition) is 4. The first-order valence-electron chi connectivity index (χ1n) is 5.76. The summed E-state index contributed by atoms with van der Waals surface area (Å²) in [6.07, 6.45) is 4.02. The molecule has 0 aliphatic heterocycles. The third-order valence-corrected chi connectivity index (χ3v) is 2.65. The first kappa shape index (κ1) is 11.3. The van der Waals surface area contributed by atoms with Gasteiger partial charge in [-0.25, -0.2) is 9.67 Å². The van der Waals surface area contributed by atoms with Crippen LogP contribution >= 0.6 is 0 Å². The van der Waals surface area contributed by atoms with Crippen LogP contribution < -0.4 is 0 Å². The van der Waals surface area contributed by atoms with Crippen LogP contribution in [0.3, 0.4) is 0 Å². The van der Waals surface area contributed by atoms with E-state index in [0.29, 0.717) is 12.1 Å². The highest BCUT2D eigenvalue weighted by Crippen LogP contribution is 2.19. The number of aromatic nitrogens is 4. The van der Waals surface area contributed by atoms with E-state index in [-0.39, 0.29) is 5.82 Å². The van der Waals surface area contributed by atoms with Gasteiger partial charge in [0, 0.05) is 18.0 Å². The highest BCUT2D eigenvalue weighted by molar-refractivity contribution is 5.71. The first-order valence-corrected chi connectivity index (χ1v) is 5.76. The molecule has 0 radical (unpaired) electrons. The van der Waals surface area contributed by atoms with E-state index in [1.165, 1.54) is 0 Å². The van der Waals surface area contributed by atoms with E-state index in [0.717, 1.165) is 11.3 Å². The monoisotopic (exact) mass is 250 g/mol. The van der Waals surface area contributed by atoms with E-state index >= 15 is 0 Å². The average molecular weight is 250 g/mol. The van der Waals surface area contributed by atoms with Crippen molar-refractivity contribution in [2.24, 2.45) is 0 Å². The SMILES string of the molecule is O=Cc1nc(-c2cccnc2)n(-c2ccccc2)n1. The van der Waals surface area contributed by atoms with Crippen molar-refractivity contribution in [2.75, 3.05) is 0 Å². The third-order valence-electron chi connectivity index (χ3n) is 2.65. The first-order chi connectivity index (χ1) is 9.38. The molecule has 0 aliphatic carbocycles. The molecule has 0 N–H and O–H groups in total. The smallest absolute Gasteiger partial charge is 0.215 e. The van der Waals surface area contributed by atoms with E-state index in [4.69, 9.17) is 0 Å². The van der Waals surface area contributed by atoms with Gasteiger partial charge in [0.2, 0.25) is 5.82 Å². The molecule has 1 aromatic carbocycles. The minimum absolute atomic E-state index is 0.155. The van der Waals surface area contributed by atoms with Gasteiger partial charge < -0.3 is 0 Å². The molecule has 0 aliphatic rings. The molecule has 0 bridgehead atoms. The predicted octanol–water partition coefficient (Wildman–Crippen LogP) is 2.14. The van der Waals surface area contributed by atoms with Crippen LogP contribution in [-0.2, 0) is 0 Å². The Morgan fingerprint density at radius 3 is 2.58 bits per heavy atom. The van der Waals surface area contributed by atoms with Crippen molar-refractivity contribution in [2.45, 2.75) is 0 Å². The molecule has 2 aromatic heterocycles. The van der Waals surface area contributed by atoms with Gasteiger partial charge in [-0.1, -0.05) is 18.2 Å². The minimum atomic E-state index is 0.155. The number of aldehydes is 1. The Kier molecular flexibility index (Phi) is 2.86. The summed E-state index contributed by atoms with van der Waals surface area (Å²) in [5.74, 6) is 0.754. The Morgan fingerprint density at radius 2 is 1.89 bits per heavy atom. The second kappa shape index (κ2) is 4.81. The summed E-state index contributed by atoms with van der Waals surface area (Å²) >= 11 is 0. The maximum absolute atomic E-state index is 10.9. The van der Waals surface area contributed by atoms with Gasteiger partial charge in [-0.05, 0) is 24.3 Å². The summed E-state index contributed by atoms with van der Waals surface area (Å²) in [7, 11) is 0. The molecule has 0 spiro atoms. The van der Waals surface area contributed by atoms with Gasteiger partial charge in [0.25, 0.3) is 0 Å². The Hall–Kier alpha value is -2.82. The number of hydrogen-bond donors (Lipinski definition) is 0. The molecule has 92 valence electrons. The summed E-state index contributed by atoms with van der Waals surface area (Å²) in [5.41, 5.74) is 1.66. The van der Waals surface area contributed by atoms with E-state index in [2.05, 4.69) is 15.1 Å². The fourth-order valence-electron chi connectivity index (χ4n) is 1.81. The second-order valence-corrected chi connectivity index (χ2v) is 3.90. The van der Waals surface area contributed by atoms with E-state index < -0.39 is 0 Å². The molecule has 0 saturated heterocycles. The number of rotatable bonds is 3. The number of para-hydroxylation sites is 1. The van der Waals surface area contributed by atoms with Gasteiger partial charge in [-0.2, -0.15) is 0 Å². The summed E-state index contributed by atoms with van der Waals surface area (Å²) < 4.78 is 1.64. The number of carbonyl (C=O) groups excluding carboxylic acids is 1. The standard InChI is InChI=1S/C14H10N4O/c19-10-13-16-14(11-5-4-8-15-9-11)18(17-13)12-6-2-1-3-7-12/h1-10H. The zero-order chi connectivity index (χ0) is 13.1. The van der Waals surface area contributed by atoms with Gasteiger partial charge in [0.1, 0.15) is 0 Å². The third kappa shape index (κ3) is 2.13. The van der Waals surface area contributed by atoms with Crippen LogP contribution in [0.2, 0.25) is 0 Å². The lowest BCUT2D eigenvalue weighted by atomic mass is 10.2. The lowest BCUT2D eigenvalue weighted by Crippen LogP contribution is -1.99. The number of pyridine rings is 1. The summed E-state index contributed by atoms with van der Waals surface area (Å²) in [5, 5.41) is 4.19. The van der Waals surface area contributed by atoms with Crippen LogP contribution in [-0.4, -0.2) is 26.0 Å². The van der Waals surface area contributed by atoms with Gasteiger partial charge in [0.05, 0.1) is 5.69 Å². The maximum atomic E-state index is 10.9. The van der Waals surface area contributed by atoms with Crippen LogP contribution in [0.15, 0.2) is 54.9 Å². The number of benzene rings is 1. The van der Waals surface area contributed by atoms with Crippen molar-refractivity contribution in [3.05, 3.63) is 60.7 Å². The molecule has 3 rings (SSSR count). The van der Waals surface area contributed by atoms with Gasteiger partial charge in [-0.3, -0.25) is 9.78 Å². The van der Waals surface area contributed by atoms with Crippen molar-refractivity contribution < 1.29 is 4.79 Å². The zero-order valence-electron chi connectivity index (χ0n) is 9.97. The molecule has 2 heterocycles. The van der Waals surface area contributed by atoms with Crippen LogP contribution in [0.5, 0.6) is 0 Å². The molecule has 0 amide bonds. The van der Waals surface area contributed by atoms with Gasteiger partial charge >= 0.3 is 0 Å². The van der Waals surface area contributed by atoms with Crippen molar-refractivity contribution in [3.63, 3.8) is 0 Å². The largest absolute Gasteiger partial charge is 0.294 e. The van der Waals surface area contributed by atoms with Crippen molar-refractivity contribution in [1.82, 2.24) is 19.7 Å². The molecule has 5 nitrogen and oxygen atoms in total. The van der Waals surface area contributed by atoms with Crippen molar-refractivity contribution in [1.29, 1.82) is 0 Å². The van der Waals surface area contributed by atoms with Crippen LogP contribution in [0.4, 0.5) is 0 Å². The second-order valence-electron chi connectivity index (χ2n) is 3.90.